The van der Waals surface area contributed by atoms with E-state index in [1.807, 2.05) is 0 Å². The first-order valence-electron chi connectivity index (χ1n) is 7.51. The van der Waals surface area contributed by atoms with Gasteiger partial charge in [0.25, 0.3) is 0 Å². The Hall–Kier alpha value is -2.22. The van der Waals surface area contributed by atoms with Crippen molar-refractivity contribution in [2.45, 2.75) is 26.3 Å². The van der Waals surface area contributed by atoms with E-state index in [0.717, 1.165) is 6.54 Å². The van der Waals surface area contributed by atoms with Crippen LogP contribution in [0.3, 0.4) is 0 Å². The summed E-state index contributed by atoms with van der Waals surface area (Å²) in [6, 6.07) is 19.5. The van der Waals surface area contributed by atoms with Gasteiger partial charge in [-0.2, -0.15) is 0 Å². The SMILES string of the molecule is CC(C)c1cc2ccc(N(C)Cc3ccccc3)cc2[nH]1. The van der Waals surface area contributed by atoms with E-state index in [9.17, 15) is 0 Å². The van der Waals surface area contributed by atoms with E-state index in [0.29, 0.717) is 5.92 Å². The molecule has 1 N–H and O–H groups in total. The molecular weight excluding hydrogens is 256 g/mol. The second-order valence-corrected chi connectivity index (χ2v) is 5.99. The van der Waals surface area contributed by atoms with Crippen molar-refractivity contribution in [2.75, 3.05) is 11.9 Å². The van der Waals surface area contributed by atoms with Crippen LogP contribution in [0.25, 0.3) is 10.9 Å². The number of fused-ring (bicyclic) bond motifs is 1. The molecule has 2 nitrogen and oxygen atoms in total. The van der Waals surface area contributed by atoms with Crippen LogP contribution < -0.4 is 4.90 Å². The molecular formula is C19H22N2. The summed E-state index contributed by atoms with van der Waals surface area (Å²) < 4.78 is 0. The van der Waals surface area contributed by atoms with Gasteiger partial charge < -0.3 is 9.88 Å². The number of aromatic amines is 1. The summed E-state index contributed by atoms with van der Waals surface area (Å²) in [5.74, 6) is 0.530. The molecule has 0 amide bonds. The summed E-state index contributed by atoms with van der Waals surface area (Å²) in [5.41, 5.74) is 5.09. The second-order valence-electron chi connectivity index (χ2n) is 5.99. The topological polar surface area (TPSA) is 19.0 Å². The minimum absolute atomic E-state index is 0.530. The van der Waals surface area contributed by atoms with E-state index < -0.39 is 0 Å². The van der Waals surface area contributed by atoms with Crippen LogP contribution in [-0.2, 0) is 6.54 Å². The van der Waals surface area contributed by atoms with Crippen LogP contribution in [-0.4, -0.2) is 12.0 Å². The van der Waals surface area contributed by atoms with Crippen molar-refractivity contribution in [3.05, 3.63) is 65.9 Å². The Balaban J connectivity index is 1.86. The van der Waals surface area contributed by atoms with Crippen molar-refractivity contribution in [1.29, 1.82) is 0 Å². The van der Waals surface area contributed by atoms with Gasteiger partial charge in [-0.05, 0) is 35.1 Å². The summed E-state index contributed by atoms with van der Waals surface area (Å²) in [6.45, 7) is 5.35. The maximum atomic E-state index is 3.53. The highest BCUT2D eigenvalue weighted by atomic mass is 15.1. The fourth-order valence-electron chi connectivity index (χ4n) is 2.63. The zero-order valence-corrected chi connectivity index (χ0v) is 12.9. The van der Waals surface area contributed by atoms with Gasteiger partial charge in [-0.1, -0.05) is 50.2 Å². The monoisotopic (exact) mass is 278 g/mol. The Morgan fingerprint density at radius 3 is 2.48 bits per heavy atom. The molecule has 2 aromatic carbocycles. The second kappa shape index (κ2) is 5.65. The van der Waals surface area contributed by atoms with E-state index in [-0.39, 0.29) is 0 Å². The third-order valence-corrected chi connectivity index (χ3v) is 3.95. The van der Waals surface area contributed by atoms with Gasteiger partial charge in [-0.25, -0.2) is 0 Å². The fraction of sp³-hybridized carbons (Fsp3) is 0.263. The maximum Gasteiger partial charge on any atom is 0.0476 e. The maximum absolute atomic E-state index is 3.53. The van der Waals surface area contributed by atoms with Crippen molar-refractivity contribution >= 4 is 16.6 Å². The number of benzene rings is 2. The van der Waals surface area contributed by atoms with Gasteiger partial charge in [-0.15, -0.1) is 0 Å². The molecule has 0 unspecified atom stereocenters. The zero-order chi connectivity index (χ0) is 14.8. The quantitative estimate of drug-likeness (QED) is 0.717. The molecule has 1 heterocycles. The van der Waals surface area contributed by atoms with Crippen LogP contribution in [0.1, 0.15) is 31.0 Å². The van der Waals surface area contributed by atoms with E-state index in [2.05, 4.69) is 85.4 Å². The van der Waals surface area contributed by atoms with Crippen molar-refractivity contribution in [2.24, 2.45) is 0 Å². The van der Waals surface area contributed by atoms with Crippen LogP contribution in [0.2, 0.25) is 0 Å². The largest absolute Gasteiger partial charge is 0.370 e. The molecule has 0 atom stereocenters. The van der Waals surface area contributed by atoms with Gasteiger partial charge in [0.15, 0.2) is 0 Å². The van der Waals surface area contributed by atoms with Crippen LogP contribution >= 0.6 is 0 Å². The molecule has 21 heavy (non-hydrogen) atoms. The highest BCUT2D eigenvalue weighted by Crippen LogP contribution is 2.25. The van der Waals surface area contributed by atoms with Crippen LogP contribution in [0.15, 0.2) is 54.6 Å². The van der Waals surface area contributed by atoms with Gasteiger partial charge in [0, 0.05) is 30.5 Å². The summed E-state index contributed by atoms with van der Waals surface area (Å²) in [6.07, 6.45) is 0. The van der Waals surface area contributed by atoms with Gasteiger partial charge in [0.2, 0.25) is 0 Å². The normalized spacial score (nSPS) is 11.2. The lowest BCUT2D eigenvalue weighted by molar-refractivity contribution is 0.836. The summed E-state index contributed by atoms with van der Waals surface area (Å²) in [7, 11) is 2.14. The molecule has 3 aromatic rings. The summed E-state index contributed by atoms with van der Waals surface area (Å²) in [5, 5.41) is 1.29. The number of H-pyrrole nitrogens is 1. The number of hydrogen-bond acceptors (Lipinski definition) is 1. The molecule has 108 valence electrons. The molecule has 0 radical (unpaired) electrons. The first kappa shape index (κ1) is 13.7. The standard InChI is InChI=1S/C19H22N2/c1-14(2)18-11-16-9-10-17(12-19(16)20-18)21(3)13-15-7-5-4-6-8-15/h4-12,14,20H,13H2,1-3H3. The van der Waals surface area contributed by atoms with Gasteiger partial charge in [0.05, 0.1) is 0 Å². The molecule has 1 aromatic heterocycles. The van der Waals surface area contributed by atoms with Crippen molar-refractivity contribution < 1.29 is 0 Å². The Morgan fingerprint density at radius 1 is 1.00 bits per heavy atom. The van der Waals surface area contributed by atoms with Crippen molar-refractivity contribution in [1.82, 2.24) is 4.98 Å². The van der Waals surface area contributed by atoms with Crippen molar-refractivity contribution in [3.63, 3.8) is 0 Å². The van der Waals surface area contributed by atoms with Crippen LogP contribution in [0.4, 0.5) is 5.69 Å². The van der Waals surface area contributed by atoms with Gasteiger partial charge in [0.1, 0.15) is 0 Å². The van der Waals surface area contributed by atoms with Crippen LogP contribution in [0.5, 0.6) is 0 Å². The first-order chi connectivity index (χ1) is 10.1. The molecule has 0 aliphatic carbocycles. The third kappa shape index (κ3) is 2.94. The van der Waals surface area contributed by atoms with E-state index in [1.54, 1.807) is 0 Å². The summed E-state index contributed by atoms with van der Waals surface area (Å²) in [4.78, 5) is 5.81. The molecule has 0 saturated heterocycles. The number of aromatic nitrogens is 1. The Kier molecular flexibility index (Phi) is 3.70. The lowest BCUT2D eigenvalue weighted by Crippen LogP contribution is -2.16. The van der Waals surface area contributed by atoms with Gasteiger partial charge in [-0.3, -0.25) is 0 Å². The summed E-state index contributed by atoms with van der Waals surface area (Å²) >= 11 is 0. The molecule has 0 spiro atoms. The predicted octanol–water partition coefficient (Wildman–Crippen LogP) is 4.93. The van der Waals surface area contributed by atoms with E-state index in [1.165, 1.54) is 27.8 Å². The average Bonchev–Trinajstić information content (AvgIpc) is 2.91. The molecule has 3 rings (SSSR count). The molecule has 0 aliphatic heterocycles. The van der Waals surface area contributed by atoms with Crippen LogP contribution in [0, 0.1) is 0 Å². The average molecular weight is 278 g/mol. The highest BCUT2D eigenvalue weighted by molar-refractivity contribution is 5.84. The molecule has 0 saturated carbocycles. The number of nitrogens with one attached hydrogen (secondary N) is 1. The highest BCUT2D eigenvalue weighted by Gasteiger charge is 2.07. The predicted molar refractivity (Wildman–Crippen MR) is 90.9 cm³/mol. The lowest BCUT2D eigenvalue weighted by Gasteiger charge is -2.19. The minimum Gasteiger partial charge on any atom is -0.370 e. The molecule has 0 fully saturated rings. The molecule has 0 aliphatic rings. The third-order valence-electron chi connectivity index (χ3n) is 3.95. The number of rotatable bonds is 4. The fourth-order valence-corrected chi connectivity index (χ4v) is 2.63. The first-order valence-corrected chi connectivity index (χ1v) is 7.51. The van der Waals surface area contributed by atoms with Crippen molar-refractivity contribution in [3.8, 4) is 0 Å². The van der Waals surface area contributed by atoms with Gasteiger partial charge >= 0.3 is 0 Å². The smallest absolute Gasteiger partial charge is 0.0476 e. The Bertz CT molecular complexity index is 726. The Morgan fingerprint density at radius 2 is 1.76 bits per heavy atom. The van der Waals surface area contributed by atoms with E-state index >= 15 is 0 Å². The minimum atomic E-state index is 0.530. The van der Waals surface area contributed by atoms with E-state index in [4.69, 9.17) is 0 Å². The lowest BCUT2D eigenvalue weighted by atomic mass is 10.1. The molecule has 0 bridgehead atoms. The zero-order valence-electron chi connectivity index (χ0n) is 12.9. The number of anilines is 1. The number of hydrogen-bond donors (Lipinski definition) is 1. The number of nitrogens with zero attached hydrogens (tertiary/aromatic N) is 1. The molecule has 2 heteroatoms. The Labute approximate surface area is 126 Å².